The van der Waals surface area contributed by atoms with Crippen LogP contribution < -0.4 is 0 Å². The summed E-state index contributed by atoms with van der Waals surface area (Å²) < 4.78 is 31.4. The number of hydrogen-bond acceptors (Lipinski definition) is 3. The summed E-state index contributed by atoms with van der Waals surface area (Å²) in [5.41, 5.74) is 0.913. The average Bonchev–Trinajstić information content (AvgIpc) is 2.95. The second-order valence-corrected chi connectivity index (χ2v) is 7.06. The van der Waals surface area contributed by atoms with Crippen molar-refractivity contribution in [1.82, 2.24) is 9.80 Å². The van der Waals surface area contributed by atoms with Gasteiger partial charge >= 0.3 is 0 Å². The maximum Gasteiger partial charge on any atom is 0.248 e. The van der Waals surface area contributed by atoms with Crippen LogP contribution in [0.1, 0.15) is 24.8 Å². The van der Waals surface area contributed by atoms with Gasteiger partial charge in [-0.3, -0.25) is 9.69 Å². The molecule has 1 atom stereocenters. The summed E-state index contributed by atoms with van der Waals surface area (Å²) in [6, 6.07) is 4.10. The summed E-state index contributed by atoms with van der Waals surface area (Å²) in [7, 11) is 1.54. The maximum absolute atomic E-state index is 13.4. The van der Waals surface area contributed by atoms with Crippen LogP contribution in [0.4, 0.5) is 8.78 Å². The number of ether oxygens (including phenoxy) is 1. The highest BCUT2D eigenvalue weighted by atomic mass is 19.2. The van der Waals surface area contributed by atoms with Crippen molar-refractivity contribution in [2.24, 2.45) is 5.41 Å². The fourth-order valence-electron chi connectivity index (χ4n) is 4.04. The maximum atomic E-state index is 13.4. The number of likely N-dealkylation sites (tertiary alicyclic amines) is 2. The number of rotatable bonds is 4. The quantitative estimate of drug-likeness (QED) is 0.845. The molecule has 2 fully saturated rings. The first kappa shape index (κ1) is 17.3. The Balaban J connectivity index is 1.62. The Morgan fingerprint density at radius 2 is 2.04 bits per heavy atom. The lowest BCUT2D eigenvalue weighted by Gasteiger charge is -2.40. The van der Waals surface area contributed by atoms with Gasteiger partial charge in [-0.25, -0.2) is 8.78 Å². The van der Waals surface area contributed by atoms with E-state index in [0.717, 1.165) is 51.0 Å². The van der Waals surface area contributed by atoms with Gasteiger partial charge in [0.15, 0.2) is 11.6 Å². The highest BCUT2D eigenvalue weighted by molar-refractivity contribution is 5.77. The number of halogens is 2. The first-order valence-corrected chi connectivity index (χ1v) is 8.44. The Morgan fingerprint density at radius 3 is 2.79 bits per heavy atom. The van der Waals surface area contributed by atoms with Crippen molar-refractivity contribution in [1.29, 1.82) is 0 Å². The van der Waals surface area contributed by atoms with Crippen molar-refractivity contribution in [3.8, 4) is 0 Å². The van der Waals surface area contributed by atoms with Gasteiger partial charge < -0.3 is 9.64 Å². The van der Waals surface area contributed by atoms with Crippen LogP contribution in [0.25, 0.3) is 0 Å². The molecule has 2 aliphatic rings. The van der Waals surface area contributed by atoms with E-state index in [1.807, 2.05) is 4.90 Å². The van der Waals surface area contributed by atoms with E-state index in [-0.39, 0.29) is 17.9 Å². The van der Waals surface area contributed by atoms with Gasteiger partial charge in [0.2, 0.25) is 5.91 Å². The molecule has 1 unspecified atom stereocenters. The van der Waals surface area contributed by atoms with Crippen LogP contribution in [0.5, 0.6) is 0 Å². The molecule has 1 aromatic rings. The predicted molar refractivity (Wildman–Crippen MR) is 86.4 cm³/mol. The first-order chi connectivity index (χ1) is 11.5. The molecule has 3 rings (SSSR count). The second kappa shape index (κ2) is 7.15. The molecule has 2 aliphatic heterocycles. The molecule has 1 spiro atoms. The molecule has 0 aliphatic carbocycles. The third kappa shape index (κ3) is 3.75. The molecule has 2 heterocycles. The molecule has 0 N–H and O–H groups in total. The molecule has 0 aromatic heterocycles. The smallest absolute Gasteiger partial charge is 0.248 e. The van der Waals surface area contributed by atoms with Crippen molar-refractivity contribution in [2.75, 3.05) is 39.9 Å². The Labute approximate surface area is 141 Å². The summed E-state index contributed by atoms with van der Waals surface area (Å²) in [5.74, 6) is -1.56. The summed E-state index contributed by atoms with van der Waals surface area (Å²) in [5, 5.41) is 0. The minimum atomic E-state index is -0.808. The highest BCUT2D eigenvalue weighted by Gasteiger charge is 2.42. The van der Waals surface area contributed by atoms with Crippen LogP contribution in [-0.2, 0) is 16.1 Å². The predicted octanol–water partition coefficient (Wildman–Crippen LogP) is 2.43. The lowest BCUT2D eigenvalue weighted by molar-refractivity contribution is -0.134. The molecule has 132 valence electrons. The van der Waals surface area contributed by atoms with Gasteiger partial charge in [-0.15, -0.1) is 0 Å². The number of carbonyl (C=O) groups is 1. The van der Waals surface area contributed by atoms with Crippen LogP contribution in [0, 0.1) is 17.0 Å². The number of nitrogens with zero attached hydrogens (tertiary/aromatic N) is 2. The third-order valence-corrected chi connectivity index (χ3v) is 5.19. The molecule has 2 saturated heterocycles. The van der Waals surface area contributed by atoms with E-state index in [0.29, 0.717) is 6.54 Å². The monoisotopic (exact) mass is 338 g/mol. The fraction of sp³-hybridized carbons (Fsp3) is 0.611. The van der Waals surface area contributed by atoms with E-state index in [1.165, 1.54) is 19.2 Å². The minimum absolute atomic E-state index is 0.0482. The summed E-state index contributed by atoms with van der Waals surface area (Å²) in [4.78, 5) is 16.2. The molecule has 1 amide bonds. The topological polar surface area (TPSA) is 32.8 Å². The van der Waals surface area contributed by atoms with Gasteiger partial charge in [0.05, 0.1) is 0 Å². The standard InChI is InChI=1S/C18H24F2N2O2/c1-24-11-17(23)22-8-6-18(13-22)5-2-7-21(12-18)10-14-3-4-15(19)16(20)9-14/h3-4,9H,2,5-8,10-13H2,1H3. The van der Waals surface area contributed by atoms with Gasteiger partial charge in [0.1, 0.15) is 6.61 Å². The number of piperidine rings is 1. The van der Waals surface area contributed by atoms with Crippen molar-refractivity contribution in [3.05, 3.63) is 35.4 Å². The van der Waals surface area contributed by atoms with Gasteiger partial charge in [-0.1, -0.05) is 6.07 Å². The Kier molecular flexibility index (Phi) is 5.15. The largest absolute Gasteiger partial charge is 0.375 e. The van der Waals surface area contributed by atoms with E-state index >= 15 is 0 Å². The molecule has 0 saturated carbocycles. The summed E-state index contributed by atoms with van der Waals surface area (Å²) in [6.07, 6.45) is 3.17. The van der Waals surface area contributed by atoms with Crippen molar-refractivity contribution in [2.45, 2.75) is 25.8 Å². The molecular weight excluding hydrogens is 314 g/mol. The molecule has 0 bridgehead atoms. The average molecular weight is 338 g/mol. The van der Waals surface area contributed by atoms with Crippen LogP contribution in [0.15, 0.2) is 18.2 Å². The summed E-state index contributed by atoms with van der Waals surface area (Å²) >= 11 is 0. The second-order valence-electron chi connectivity index (χ2n) is 7.06. The van der Waals surface area contributed by atoms with E-state index in [4.69, 9.17) is 4.74 Å². The van der Waals surface area contributed by atoms with Crippen molar-refractivity contribution in [3.63, 3.8) is 0 Å². The van der Waals surface area contributed by atoms with Crippen LogP contribution in [-0.4, -0.2) is 55.6 Å². The van der Waals surface area contributed by atoms with E-state index in [1.54, 1.807) is 6.07 Å². The molecule has 24 heavy (non-hydrogen) atoms. The van der Waals surface area contributed by atoms with E-state index < -0.39 is 11.6 Å². The SMILES string of the molecule is COCC(=O)N1CCC2(CCCN(Cc3ccc(F)c(F)c3)C2)C1. The third-order valence-electron chi connectivity index (χ3n) is 5.19. The van der Waals surface area contributed by atoms with Crippen LogP contribution >= 0.6 is 0 Å². The number of benzene rings is 1. The first-order valence-electron chi connectivity index (χ1n) is 8.44. The number of hydrogen-bond donors (Lipinski definition) is 0. The molecule has 0 radical (unpaired) electrons. The number of amides is 1. The van der Waals surface area contributed by atoms with Crippen LogP contribution in [0.2, 0.25) is 0 Å². The molecule has 1 aromatic carbocycles. The Morgan fingerprint density at radius 1 is 1.21 bits per heavy atom. The zero-order valence-corrected chi connectivity index (χ0v) is 14.1. The Hall–Kier alpha value is -1.53. The van der Waals surface area contributed by atoms with E-state index in [2.05, 4.69) is 4.90 Å². The summed E-state index contributed by atoms with van der Waals surface area (Å²) in [6.45, 7) is 4.14. The van der Waals surface area contributed by atoms with Gasteiger partial charge in [0, 0.05) is 38.7 Å². The van der Waals surface area contributed by atoms with Gasteiger partial charge in [-0.05, 0) is 43.5 Å². The molecule has 4 nitrogen and oxygen atoms in total. The van der Waals surface area contributed by atoms with Crippen LogP contribution in [0.3, 0.4) is 0 Å². The Bertz CT molecular complexity index is 611. The highest BCUT2D eigenvalue weighted by Crippen LogP contribution is 2.39. The van der Waals surface area contributed by atoms with Gasteiger partial charge in [-0.2, -0.15) is 0 Å². The minimum Gasteiger partial charge on any atom is -0.375 e. The zero-order chi connectivity index (χ0) is 17.2. The lowest BCUT2D eigenvalue weighted by atomic mass is 9.79. The van der Waals surface area contributed by atoms with E-state index in [9.17, 15) is 13.6 Å². The van der Waals surface area contributed by atoms with Crippen molar-refractivity contribution >= 4 is 5.91 Å². The number of methoxy groups -OCH3 is 1. The van der Waals surface area contributed by atoms with Gasteiger partial charge in [0.25, 0.3) is 0 Å². The number of carbonyl (C=O) groups excluding carboxylic acids is 1. The molecule has 6 heteroatoms. The fourth-order valence-corrected chi connectivity index (χ4v) is 4.04. The lowest BCUT2D eigenvalue weighted by Crippen LogP contribution is -2.45. The normalized spacial score (nSPS) is 24.7. The zero-order valence-electron chi connectivity index (χ0n) is 14.1. The molecular formula is C18H24F2N2O2. The van der Waals surface area contributed by atoms with Crippen molar-refractivity contribution < 1.29 is 18.3 Å².